The fourth-order valence-electron chi connectivity index (χ4n) is 3.65. The Labute approximate surface area is 175 Å². The number of nitrogens with one attached hydrogen (secondary N) is 1. The quantitative estimate of drug-likeness (QED) is 0.508. The minimum Gasteiger partial charge on any atom is -0.431 e. The summed E-state index contributed by atoms with van der Waals surface area (Å²) in [6, 6.07) is 12.6. The molecule has 1 saturated heterocycles. The summed E-state index contributed by atoms with van der Waals surface area (Å²) in [5, 5.41) is 1.16. The Bertz CT molecular complexity index is 1310. The predicted octanol–water partition coefficient (Wildman–Crippen LogP) is 2.75. The zero-order valence-corrected chi connectivity index (χ0v) is 17.1. The molecule has 1 N–H and O–H groups in total. The summed E-state index contributed by atoms with van der Waals surface area (Å²) in [6.07, 6.45) is 1.90. The van der Waals surface area contributed by atoms with E-state index < -0.39 is 0 Å². The zero-order valence-electron chi connectivity index (χ0n) is 16.3. The molecule has 8 nitrogen and oxygen atoms in total. The van der Waals surface area contributed by atoms with Crippen LogP contribution in [0.4, 0.5) is 5.95 Å². The topological polar surface area (TPSA) is 95.3 Å². The fourth-order valence-corrected chi connectivity index (χ4v) is 4.01. The Kier molecular flexibility index (Phi) is 4.66. The molecular weight excluding hydrogens is 402 g/mol. The Morgan fingerprint density at radius 1 is 1.07 bits per heavy atom. The molecule has 30 heavy (non-hydrogen) atoms. The van der Waals surface area contributed by atoms with E-state index >= 15 is 0 Å². The van der Waals surface area contributed by atoms with Gasteiger partial charge in [-0.2, -0.15) is 0 Å². The molecule has 5 rings (SSSR count). The van der Waals surface area contributed by atoms with Gasteiger partial charge in [-0.1, -0.05) is 23.9 Å². The van der Waals surface area contributed by atoms with E-state index in [0.717, 1.165) is 5.52 Å². The molecule has 1 aliphatic heterocycles. The molecular formula is C21H19N5O3S. The largest absolute Gasteiger partial charge is 0.431 e. The number of rotatable bonds is 3. The van der Waals surface area contributed by atoms with Crippen LogP contribution in [0, 0.1) is 0 Å². The molecule has 0 saturated carbocycles. The van der Waals surface area contributed by atoms with Crippen LogP contribution in [0.1, 0.15) is 10.4 Å². The van der Waals surface area contributed by atoms with Crippen LogP contribution in [0.2, 0.25) is 0 Å². The van der Waals surface area contributed by atoms with Crippen LogP contribution >= 0.6 is 11.8 Å². The third-order valence-electron chi connectivity index (χ3n) is 5.26. The Morgan fingerprint density at radius 3 is 2.67 bits per heavy atom. The number of anilines is 1. The Morgan fingerprint density at radius 2 is 1.87 bits per heavy atom. The lowest BCUT2D eigenvalue weighted by atomic mass is 10.1. The summed E-state index contributed by atoms with van der Waals surface area (Å²) in [5.41, 5.74) is 2.45. The number of hydrogen-bond donors (Lipinski definition) is 1. The van der Waals surface area contributed by atoms with Crippen molar-refractivity contribution in [1.29, 1.82) is 0 Å². The van der Waals surface area contributed by atoms with E-state index in [1.54, 1.807) is 18.2 Å². The normalized spacial score (nSPS) is 14.6. The average Bonchev–Trinajstić information content (AvgIpc) is 3.21. The molecule has 0 bridgehead atoms. The number of aromatic amines is 1. The van der Waals surface area contributed by atoms with E-state index in [1.165, 1.54) is 11.8 Å². The second-order valence-corrected chi connectivity index (χ2v) is 7.81. The minimum absolute atomic E-state index is 0.0429. The van der Waals surface area contributed by atoms with Crippen LogP contribution in [0.3, 0.4) is 0 Å². The summed E-state index contributed by atoms with van der Waals surface area (Å²) in [6.45, 7) is 2.27. The van der Waals surface area contributed by atoms with Crippen molar-refractivity contribution in [1.82, 2.24) is 19.9 Å². The van der Waals surface area contributed by atoms with Crippen LogP contribution in [0.5, 0.6) is 0 Å². The molecule has 4 aromatic rings. The number of hydrogen-bond acceptors (Lipinski definition) is 7. The number of nitrogens with zero attached hydrogens (tertiary/aromatic N) is 4. The highest BCUT2D eigenvalue weighted by Gasteiger charge is 2.24. The van der Waals surface area contributed by atoms with Gasteiger partial charge in [0, 0.05) is 31.7 Å². The number of carbonyl (C=O) groups is 1. The molecule has 152 valence electrons. The number of fused-ring (bicyclic) bond motifs is 2. The number of thioether (sulfide) groups is 1. The van der Waals surface area contributed by atoms with Crippen LogP contribution in [0.25, 0.3) is 22.0 Å². The summed E-state index contributed by atoms with van der Waals surface area (Å²) in [4.78, 5) is 40.9. The first kappa shape index (κ1) is 18.7. The lowest BCUT2D eigenvalue weighted by Crippen LogP contribution is -2.49. The number of oxazole rings is 1. The highest BCUT2D eigenvalue weighted by atomic mass is 32.2. The first-order chi connectivity index (χ1) is 14.6. The fraction of sp³-hybridized carbons (Fsp3) is 0.238. The number of carbonyl (C=O) groups excluding carboxylic acids is 1. The van der Waals surface area contributed by atoms with Crippen molar-refractivity contribution >= 4 is 45.6 Å². The first-order valence-electron chi connectivity index (χ1n) is 9.60. The lowest BCUT2D eigenvalue weighted by Gasteiger charge is -2.35. The van der Waals surface area contributed by atoms with E-state index in [4.69, 9.17) is 4.42 Å². The van der Waals surface area contributed by atoms with Crippen molar-refractivity contribution in [3.63, 3.8) is 0 Å². The molecule has 0 spiro atoms. The number of amides is 1. The minimum atomic E-state index is -0.154. The maximum Gasteiger partial charge on any atom is 0.260 e. The lowest BCUT2D eigenvalue weighted by molar-refractivity contribution is 0.0746. The van der Waals surface area contributed by atoms with Crippen molar-refractivity contribution in [3.8, 4) is 0 Å². The average molecular weight is 421 g/mol. The molecule has 2 aromatic carbocycles. The van der Waals surface area contributed by atoms with Crippen molar-refractivity contribution in [2.45, 2.75) is 5.22 Å². The smallest absolute Gasteiger partial charge is 0.260 e. The Balaban J connectivity index is 1.32. The summed E-state index contributed by atoms with van der Waals surface area (Å²) >= 11 is 1.43. The molecule has 9 heteroatoms. The molecule has 2 aromatic heterocycles. The van der Waals surface area contributed by atoms with Crippen LogP contribution in [-0.2, 0) is 0 Å². The Hall–Kier alpha value is -3.33. The maximum atomic E-state index is 13.0. The second-order valence-electron chi connectivity index (χ2n) is 7.05. The molecule has 0 radical (unpaired) electrons. The molecule has 0 aliphatic carbocycles. The number of benzene rings is 2. The molecule has 1 fully saturated rings. The van der Waals surface area contributed by atoms with E-state index in [1.807, 2.05) is 40.3 Å². The van der Waals surface area contributed by atoms with Gasteiger partial charge >= 0.3 is 0 Å². The summed E-state index contributed by atoms with van der Waals surface area (Å²) < 4.78 is 5.65. The summed E-state index contributed by atoms with van der Waals surface area (Å²) in [5.74, 6) is 0.497. The van der Waals surface area contributed by atoms with Crippen LogP contribution in [0.15, 0.2) is 56.9 Å². The van der Waals surface area contributed by atoms with Crippen LogP contribution < -0.4 is 10.5 Å². The van der Waals surface area contributed by atoms with E-state index in [2.05, 4.69) is 15.0 Å². The molecule has 0 unspecified atom stereocenters. The predicted molar refractivity (Wildman–Crippen MR) is 116 cm³/mol. The van der Waals surface area contributed by atoms with Crippen molar-refractivity contribution in [2.75, 3.05) is 37.3 Å². The third-order valence-corrected chi connectivity index (χ3v) is 5.78. The van der Waals surface area contributed by atoms with Gasteiger partial charge in [0.1, 0.15) is 5.52 Å². The highest BCUT2D eigenvalue weighted by Crippen LogP contribution is 2.23. The van der Waals surface area contributed by atoms with Gasteiger partial charge in [0.05, 0.1) is 10.9 Å². The van der Waals surface area contributed by atoms with Gasteiger partial charge in [-0.05, 0) is 36.6 Å². The monoisotopic (exact) mass is 421 g/mol. The number of aromatic nitrogens is 3. The molecule has 3 heterocycles. The molecule has 1 aliphatic rings. The third kappa shape index (κ3) is 3.30. The standard InChI is InChI=1S/C21H19N5O3S/c1-30-21-23-16-7-6-13(12-17(16)29-21)19(28)25-8-10-26(11-9-25)20-22-15-5-3-2-4-14(15)18(27)24-20/h2-7,12H,8-11H2,1H3,(H,22,24,27). The van der Waals surface area contributed by atoms with Gasteiger partial charge in [-0.25, -0.2) is 9.97 Å². The van der Waals surface area contributed by atoms with Crippen LogP contribution in [-0.4, -0.2) is 58.2 Å². The zero-order chi connectivity index (χ0) is 20.7. The van der Waals surface area contributed by atoms with Gasteiger partial charge in [-0.15, -0.1) is 0 Å². The molecule has 1 amide bonds. The molecule has 0 atom stereocenters. The highest BCUT2D eigenvalue weighted by molar-refractivity contribution is 7.98. The SMILES string of the molecule is CSc1nc2ccc(C(=O)N3CCN(c4nc5ccccc5c(=O)[nH]4)CC3)cc2o1. The van der Waals surface area contributed by atoms with Gasteiger partial charge in [-0.3, -0.25) is 14.6 Å². The maximum absolute atomic E-state index is 13.0. The number of H-pyrrole nitrogens is 1. The van der Waals surface area contributed by atoms with E-state index in [0.29, 0.717) is 59.4 Å². The number of para-hydroxylation sites is 1. The van der Waals surface area contributed by atoms with Crippen molar-refractivity contribution in [2.24, 2.45) is 0 Å². The van der Waals surface area contributed by atoms with E-state index in [9.17, 15) is 9.59 Å². The van der Waals surface area contributed by atoms with Gasteiger partial charge in [0.25, 0.3) is 16.7 Å². The number of piperazine rings is 1. The second kappa shape index (κ2) is 7.49. The summed E-state index contributed by atoms with van der Waals surface area (Å²) in [7, 11) is 0. The van der Waals surface area contributed by atoms with Crippen molar-refractivity contribution in [3.05, 3.63) is 58.4 Å². The van der Waals surface area contributed by atoms with Gasteiger partial charge in [0.15, 0.2) is 5.58 Å². The van der Waals surface area contributed by atoms with Gasteiger partial charge < -0.3 is 14.2 Å². The van der Waals surface area contributed by atoms with Crippen molar-refractivity contribution < 1.29 is 9.21 Å². The first-order valence-corrected chi connectivity index (χ1v) is 10.8. The van der Waals surface area contributed by atoms with E-state index in [-0.39, 0.29) is 11.5 Å². The van der Waals surface area contributed by atoms with Gasteiger partial charge in [0.2, 0.25) is 5.95 Å².